The number of fused-ring (bicyclic) bond motifs is 1. The van der Waals surface area contributed by atoms with E-state index in [9.17, 15) is 0 Å². The molecule has 2 aromatic rings. The third-order valence-electron chi connectivity index (χ3n) is 2.87. The van der Waals surface area contributed by atoms with Crippen LogP contribution in [-0.4, -0.2) is 12.0 Å². The smallest absolute Gasteiger partial charge is 0.0459 e. The molecule has 0 bridgehead atoms. The first-order valence-corrected chi connectivity index (χ1v) is 4.98. The minimum Gasteiger partial charge on any atom is -0.357 e. The monoisotopic (exact) mass is 188 g/mol. The van der Waals surface area contributed by atoms with Crippen molar-refractivity contribution in [3.8, 4) is 0 Å². The summed E-state index contributed by atoms with van der Waals surface area (Å²) >= 11 is 0. The molecular weight excluding hydrogens is 172 g/mol. The van der Waals surface area contributed by atoms with Gasteiger partial charge in [-0.05, 0) is 32.5 Å². The van der Waals surface area contributed by atoms with Crippen LogP contribution in [0.5, 0.6) is 0 Å². The zero-order chi connectivity index (χ0) is 10.1. The van der Waals surface area contributed by atoms with Crippen molar-refractivity contribution < 1.29 is 0 Å². The fourth-order valence-corrected chi connectivity index (χ4v) is 1.88. The molecule has 0 spiro atoms. The Hall–Kier alpha value is -1.28. The second-order valence-corrected chi connectivity index (χ2v) is 3.72. The normalized spacial score (nSPS) is 13.4. The number of H-pyrrole nitrogens is 1. The molecule has 0 aliphatic rings. The molecule has 1 heterocycles. The lowest BCUT2D eigenvalue weighted by molar-refractivity contribution is 0.634. The van der Waals surface area contributed by atoms with E-state index < -0.39 is 0 Å². The maximum absolute atomic E-state index is 3.45. The minimum atomic E-state index is 0.377. The Kier molecular flexibility index (Phi) is 2.30. The number of rotatable bonds is 2. The van der Waals surface area contributed by atoms with E-state index in [1.54, 1.807) is 0 Å². The molecule has 0 fully saturated rings. The minimum absolute atomic E-state index is 0.377. The van der Waals surface area contributed by atoms with Gasteiger partial charge in [-0.2, -0.15) is 0 Å². The van der Waals surface area contributed by atoms with Gasteiger partial charge in [0.2, 0.25) is 0 Å². The van der Waals surface area contributed by atoms with Crippen molar-refractivity contribution in [3.63, 3.8) is 0 Å². The Balaban J connectivity index is 2.62. The van der Waals surface area contributed by atoms with Crippen molar-refractivity contribution in [1.29, 1.82) is 0 Å². The van der Waals surface area contributed by atoms with Gasteiger partial charge < -0.3 is 10.3 Å². The number of aryl methyl sites for hydroxylation is 1. The molecule has 0 aliphatic carbocycles. The molecule has 0 radical (unpaired) electrons. The molecule has 1 aromatic heterocycles. The molecule has 0 saturated carbocycles. The third kappa shape index (κ3) is 1.32. The molecule has 2 rings (SSSR count). The topological polar surface area (TPSA) is 27.8 Å². The SMILES string of the molecule is CNC(C)c1[nH]c2ccccc2c1C. The molecule has 2 heteroatoms. The van der Waals surface area contributed by atoms with Gasteiger partial charge in [0.25, 0.3) is 0 Å². The molecule has 14 heavy (non-hydrogen) atoms. The number of benzene rings is 1. The highest BCUT2D eigenvalue weighted by Gasteiger charge is 2.11. The van der Waals surface area contributed by atoms with E-state index in [1.807, 2.05) is 7.05 Å². The second-order valence-electron chi connectivity index (χ2n) is 3.72. The largest absolute Gasteiger partial charge is 0.357 e. The van der Waals surface area contributed by atoms with Crippen LogP contribution in [0.15, 0.2) is 24.3 Å². The van der Waals surface area contributed by atoms with Crippen molar-refractivity contribution in [3.05, 3.63) is 35.5 Å². The number of hydrogen-bond acceptors (Lipinski definition) is 1. The van der Waals surface area contributed by atoms with Crippen molar-refractivity contribution in [2.24, 2.45) is 0 Å². The number of aromatic amines is 1. The molecule has 0 aliphatic heterocycles. The van der Waals surface area contributed by atoms with E-state index >= 15 is 0 Å². The van der Waals surface area contributed by atoms with Gasteiger partial charge in [-0.25, -0.2) is 0 Å². The molecule has 2 nitrogen and oxygen atoms in total. The van der Waals surface area contributed by atoms with Crippen LogP contribution < -0.4 is 5.32 Å². The molecule has 74 valence electrons. The van der Waals surface area contributed by atoms with Crippen LogP contribution in [0.2, 0.25) is 0 Å². The summed E-state index contributed by atoms with van der Waals surface area (Å²) < 4.78 is 0. The molecule has 1 aromatic carbocycles. The Morgan fingerprint density at radius 1 is 1.29 bits per heavy atom. The van der Waals surface area contributed by atoms with Crippen molar-refractivity contribution in [2.75, 3.05) is 7.05 Å². The highest BCUT2D eigenvalue weighted by atomic mass is 14.9. The highest BCUT2D eigenvalue weighted by Crippen LogP contribution is 2.25. The van der Waals surface area contributed by atoms with Crippen LogP contribution in [0.25, 0.3) is 10.9 Å². The Labute approximate surface area is 84.3 Å². The number of aromatic nitrogens is 1. The highest BCUT2D eigenvalue weighted by molar-refractivity contribution is 5.84. The lowest BCUT2D eigenvalue weighted by atomic mass is 10.1. The quantitative estimate of drug-likeness (QED) is 0.745. The van der Waals surface area contributed by atoms with E-state index in [4.69, 9.17) is 0 Å². The molecule has 0 amide bonds. The van der Waals surface area contributed by atoms with Crippen LogP contribution in [0, 0.1) is 6.92 Å². The van der Waals surface area contributed by atoms with Gasteiger partial charge in [0.05, 0.1) is 0 Å². The predicted octanol–water partition coefficient (Wildman–Crippen LogP) is 2.76. The average Bonchev–Trinajstić information content (AvgIpc) is 2.56. The summed E-state index contributed by atoms with van der Waals surface area (Å²) in [5, 5.41) is 4.58. The lowest BCUT2D eigenvalue weighted by Gasteiger charge is -2.08. The van der Waals surface area contributed by atoms with Gasteiger partial charge in [-0.1, -0.05) is 18.2 Å². The maximum atomic E-state index is 3.45. The van der Waals surface area contributed by atoms with Crippen LogP contribution >= 0.6 is 0 Å². The number of para-hydroxylation sites is 1. The summed E-state index contributed by atoms with van der Waals surface area (Å²) in [5.41, 5.74) is 3.86. The maximum Gasteiger partial charge on any atom is 0.0459 e. The zero-order valence-corrected chi connectivity index (χ0v) is 8.89. The first kappa shape index (κ1) is 9.28. The van der Waals surface area contributed by atoms with E-state index in [0.717, 1.165) is 0 Å². The van der Waals surface area contributed by atoms with Crippen molar-refractivity contribution >= 4 is 10.9 Å². The Morgan fingerprint density at radius 3 is 2.64 bits per heavy atom. The van der Waals surface area contributed by atoms with Crippen LogP contribution in [0.3, 0.4) is 0 Å². The third-order valence-corrected chi connectivity index (χ3v) is 2.87. The number of nitrogens with one attached hydrogen (secondary N) is 2. The average molecular weight is 188 g/mol. The van der Waals surface area contributed by atoms with Gasteiger partial charge in [0, 0.05) is 22.6 Å². The summed E-state index contributed by atoms with van der Waals surface area (Å²) in [6.07, 6.45) is 0. The summed E-state index contributed by atoms with van der Waals surface area (Å²) in [5.74, 6) is 0. The van der Waals surface area contributed by atoms with E-state index in [0.29, 0.717) is 6.04 Å². The fourth-order valence-electron chi connectivity index (χ4n) is 1.88. The standard InChI is InChI=1S/C12H16N2/c1-8-10-6-4-5-7-11(10)14-12(8)9(2)13-3/h4-7,9,13-14H,1-3H3. The fraction of sp³-hybridized carbons (Fsp3) is 0.333. The molecule has 1 atom stereocenters. The van der Waals surface area contributed by atoms with Crippen LogP contribution in [-0.2, 0) is 0 Å². The zero-order valence-electron chi connectivity index (χ0n) is 8.89. The van der Waals surface area contributed by atoms with E-state index in [1.165, 1.54) is 22.2 Å². The Morgan fingerprint density at radius 2 is 2.00 bits per heavy atom. The van der Waals surface area contributed by atoms with Gasteiger partial charge in [-0.3, -0.25) is 0 Å². The first-order valence-electron chi connectivity index (χ1n) is 4.98. The first-order chi connectivity index (χ1) is 6.74. The summed E-state index contributed by atoms with van der Waals surface area (Å²) in [4.78, 5) is 3.45. The van der Waals surface area contributed by atoms with Gasteiger partial charge >= 0.3 is 0 Å². The van der Waals surface area contributed by atoms with Gasteiger partial charge in [0.1, 0.15) is 0 Å². The summed E-state index contributed by atoms with van der Waals surface area (Å²) in [6.45, 7) is 4.33. The van der Waals surface area contributed by atoms with E-state index in [-0.39, 0.29) is 0 Å². The molecular formula is C12H16N2. The van der Waals surface area contributed by atoms with E-state index in [2.05, 4.69) is 48.4 Å². The summed E-state index contributed by atoms with van der Waals surface area (Å²) in [7, 11) is 1.98. The second kappa shape index (κ2) is 3.46. The molecule has 0 saturated heterocycles. The van der Waals surface area contributed by atoms with Crippen LogP contribution in [0.4, 0.5) is 0 Å². The van der Waals surface area contributed by atoms with Crippen molar-refractivity contribution in [2.45, 2.75) is 19.9 Å². The van der Waals surface area contributed by atoms with Crippen LogP contribution in [0.1, 0.15) is 24.2 Å². The Bertz CT molecular complexity index is 443. The molecule has 2 N–H and O–H groups in total. The van der Waals surface area contributed by atoms with Crippen molar-refractivity contribution in [1.82, 2.24) is 10.3 Å². The lowest BCUT2D eigenvalue weighted by Crippen LogP contribution is -2.13. The van der Waals surface area contributed by atoms with Gasteiger partial charge in [0.15, 0.2) is 0 Å². The summed E-state index contributed by atoms with van der Waals surface area (Å²) in [6, 6.07) is 8.80. The number of hydrogen-bond donors (Lipinski definition) is 2. The predicted molar refractivity (Wildman–Crippen MR) is 60.5 cm³/mol. The molecule has 1 unspecified atom stereocenters. The van der Waals surface area contributed by atoms with Gasteiger partial charge in [-0.15, -0.1) is 0 Å².